The lowest BCUT2D eigenvalue weighted by Gasteiger charge is -2.20. The van der Waals surface area contributed by atoms with Gasteiger partial charge < -0.3 is 9.84 Å². The monoisotopic (exact) mass is 364 g/mol. The molecule has 1 aliphatic heterocycles. The number of aromatic hydroxyl groups is 1. The van der Waals surface area contributed by atoms with Crippen LogP contribution in [0.15, 0.2) is 72.8 Å². The number of benzene rings is 3. The predicted molar refractivity (Wildman–Crippen MR) is 102 cm³/mol. The third-order valence-corrected chi connectivity index (χ3v) is 4.87. The van der Waals surface area contributed by atoms with Crippen molar-refractivity contribution < 1.29 is 14.2 Å². The topological polar surface area (TPSA) is 53.5 Å². The standard InChI is InChI=1S/C22H21FN2O2/c23-17-8-6-15(7-9-17)14-27-18-10-11-19(21(26)12-18)22-20(13-24-25-22)16-4-2-1-3-5-16/h1-12,20,22,24-26H,13-14H2. The van der Waals surface area contributed by atoms with Gasteiger partial charge in [-0.2, -0.15) is 0 Å². The Morgan fingerprint density at radius 3 is 2.52 bits per heavy atom. The summed E-state index contributed by atoms with van der Waals surface area (Å²) in [6.07, 6.45) is 0. The van der Waals surface area contributed by atoms with Crippen LogP contribution in [0, 0.1) is 5.82 Å². The van der Waals surface area contributed by atoms with Crippen molar-refractivity contribution in [1.29, 1.82) is 0 Å². The van der Waals surface area contributed by atoms with Crippen LogP contribution >= 0.6 is 0 Å². The average molecular weight is 364 g/mol. The van der Waals surface area contributed by atoms with E-state index in [1.807, 2.05) is 30.3 Å². The van der Waals surface area contributed by atoms with Crippen molar-refractivity contribution in [1.82, 2.24) is 10.9 Å². The second kappa shape index (κ2) is 7.78. The zero-order valence-corrected chi connectivity index (χ0v) is 14.7. The average Bonchev–Trinajstić information content (AvgIpc) is 3.18. The zero-order chi connectivity index (χ0) is 18.6. The molecule has 0 spiro atoms. The van der Waals surface area contributed by atoms with E-state index in [0.29, 0.717) is 12.4 Å². The highest BCUT2D eigenvalue weighted by molar-refractivity contribution is 5.44. The van der Waals surface area contributed by atoms with Gasteiger partial charge >= 0.3 is 0 Å². The summed E-state index contributed by atoms with van der Waals surface area (Å²) >= 11 is 0. The Hall–Kier alpha value is -2.89. The van der Waals surface area contributed by atoms with E-state index >= 15 is 0 Å². The smallest absolute Gasteiger partial charge is 0.124 e. The van der Waals surface area contributed by atoms with Crippen LogP contribution in [0.2, 0.25) is 0 Å². The van der Waals surface area contributed by atoms with Crippen molar-refractivity contribution in [3.05, 3.63) is 95.3 Å². The van der Waals surface area contributed by atoms with E-state index in [1.54, 1.807) is 18.2 Å². The van der Waals surface area contributed by atoms with Crippen LogP contribution in [0.25, 0.3) is 0 Å². The number of hydrogen-bond acceptors (Lipinski definition) is 4. The molecule has 1 fully saturated rings. The Balaban J connectivity index is 1.49. The SMILES string of the molecule is Oc1cc(OCc2ccc(F)cc2)ccc1C1NNCC1c1ccccc1. The Labute approximate surface area is 157 Å². The summed E-state index contributed by atoms with van der Waals surface area (Å²) in [5, 5.41) is 10.6. The summed E-state index contributed by atoms with van der Waals surface area (Å²) in [6, 6.07) is 21.8. The van der Waals surface area contributed by atoms with Crippen LogP contribution in [-0.2, 0) is 6.61 Å². The molecule has 2 unspecified atom stereocenters. The lowest BCUT2D eigenvalue weighted by Crippen LogP contribution is -2.25. The van der Waals surface area contributed by atoms with Gasteiger partial charge in [0.2, 0.25) is 0 Å². The highest BCUT2D eigenvalue weighted by atomic mass is 19.1. The normalized spacial score (nSPS) is 19.1. The van der Waals surface area contributed by atoms with Crippen molar-refractivity contribution in [2.75, 3.05) is 6.54 Å². The number of halogens is 1. The number of rotatable bonds is 5. The molecule has 5 heteroatoms. The van der Waals surface area contributed by atoms with Crippen LogP contribution in [0.3, 0.4) is 0 Å². The molecule has 0 amide bonds. The number of phenols is 1. The molecule has 3 aromatic rings. The number of hydrazine groups is 1. The quantitative estimate of drug-likeness (QED) is 0.640. The molecule has 3 aromatic carbocycles. The molecule has 1 saturated heterocycles. The molecule has 1 heterocycles. The van der Waals surface area contributed by atoms with Gasteiger partial charge in [0.15, 0.2) is 0 Å². The maximum atomic E-state index is 13.0. The summed E-state index contributed by atoms with van der Waals surface area (Å²) < 4.78 is 18.7. The first-order chi connectivity index (χ1) is 13.2. The summed E-state index contributed by atoms with van der Waals surface area (Å²) in [5.41, 5.74) is 9.36. The Kier molecular flexibility index (Phi) is 5.05. The lowest BCUT2D eigenvalue weighted by atomic mass is 9.88. The fourth-order valence-corrected chi connectivity index (χ4v) is 3.43. The van der Waals surface area contributed by atoms with Gasteiger partial charge in [0, 0.05) is 24.1 Å². The number of phenolic OH excluding ortho intramolecular Hbond substituents is 1. The summed E-state index contributed by atoms with van der Waals surface area (Å²) in [5.74, 6) is 0.714. The van der Waals surface area contributed by atoms with Gasteiger partial charge in [0.05, 0.1) is 6.04 Å². The second-order valence-corrected chi connectivity index (χ2v) is 6.66. The number of nitrogens with one attached hydrogen (secondary N) is 2. The summed E-state index contributed by atoms with van der Waals surface area (Å²) in [7, 11) is 0. The molecule has 0 aromatic heterocycles. The van der Waals surface area contributed by atoms with Crippen LogP contribution in [-0.4, -0.2) is 11.7 Å². The molecule has 0 radical (unpaired) electrons. The first kappa shape index (κ1) is 17.5. The van der Waals surface area contributed by atoms with Gasteiger partial charge in [-0.15, -0.1) is 0 Å². The Morgan fingerprint density at radius 2 is 1.78 bits per heavy atom. The molecular weight excluding hydrogens is 343 g/mol. The molecule has 138 valence electrons. The first-order valence-electron chi connectivity index (χ1n) is 8.94. The minimum atomic E-state index is -0.272. The van der Waals surface area contributed by atoms with Crippen molar-refractivity contribution in [2.45, 2.75) is 18.6 Å². The molecule has 4 rings (SSSR count). The molecule has 2 atom stereocenters. The molecule has 1 aliphatic rings. The minimum absolute atomic E-state index is 0.0291. The third-order valence-electron chi connectivity index (χ3n) is 4.87. The Morgan fingerprint density at radius 1 is 1.00 bits per heavy atom. The van der Waals surface area contributed by atoms with Crippen LogP contribution < -0.4 is 15.6 Å². The molecular formula is C22H21FN2O2. The van der Waals surface area contributed by atoms with Crippen LogP contribution in [0.4, 0.5) is 4.39 Å². The lowest BCUT2D eigenvalue weighted by molar-refractivity contribution is 0.303. The van der Waals surface area contributed by atoms with Crippen molar-refractivity contribution in [3.63, 3.8) is 0 Å². The van der Waals surface area contributed by atoms with E-state index in [0.717, 1.165) is 17.7 Å². The second-order valence-electron chi connectivity index (χ2n) is 6.66. The van der Waals surface area contributed by atoms with Gasteiger partial charge in [-0.25, -0.2) is 9.82 Å². The van der Waals surface area contributed by atoms with Gasteiger partial charge in [0.25, 0.3) is 0 Å². The largest absolute Gasteiger partial charge is 0.507 e. The first-order valence-corrected chi connectivity index (χ1v) is 8.94. The van der Waals surface area contributed by atoms with Gasteiger partial charge in [-0.3, -0.25) is 5.43 Å². The van der Waals surface area contributed by atoms with Crippen molar-refractivity contribution in [3.8, 4) is 11.5 Å². The Bertz CT molecular complexity index is 900. The van der Waals surface area contributed by atoms with E-state index in [-0.39, 0.29) is 23.5 Å². The van der Waals surface area contributed by atoms with Crippen molar-refractivity contribution in [2.24, 2.45) is 0 Å². The van der Waals surface area contributed by atoms with Crippen molar-refractivity contribution >= 4 is 0 Å². The number of ether oxygens (including phenoxy) is 1. The molecule has 0 aliphatic carbocycles. The van der Waals surface area contributed by atoms with E-state index in [9.17, 15) is 9.50 Å². The maximum Gasteiger partial charge on any atom is 0.124 e. The summed E-state index contributed by atoms with van der Waals surface area (Å²) in [6.45, 7) is 1.10. The molecule has 3 N–H and O–H groups in total. The van der Waals surface area contributed by atoms with Crippen LogP contribution in [0.5, 0.6) is 11.5 Å². The van der Waals surface area contributed by atoms with E-state index in [1.165, 1.54) is 17.7 Å². The highest BCUT2D eigenvalue weighted by Crippen LogP contribution is 2.38. The minimum Gasteiger partial charge on any atom is -0.507 e. The molecule has 0 bridgehead atoms. The fourth-order valence-electron chi connectivity index (χ4n) is 3.43. The third kappa shape index (κ3) is 3.94. The molecule has 27 heavy (non-hydrogen) atoms. The van der Waals surface area contributed by atoms with E-state index in [2.05, 4.69) is 23.0 Å². The zero-order valence-electron chi connectivity index (χ0n) is 14.7. The maximum absolute atomic E-state index is 13.0. The fraction of sp³-hybridized carbons (Fsp3) is 0.182. The van der Waals surface area contributed by atoms with E-state index < -0.39 is 0 Å². The summed E-state index contributed by atoms with van der Waals surface area (Å²) in [4.78, 5) is 0. The highest BCUT2D eigenvalue weighted by Gasteiger charge is 2.31. The van der Waals surface area contributed by atoms with E-state index in [4.69, 9.17) is 4.74 Å². The van der Waals surface area contributed by atoms with Gasteiger partial charge in [0.1, 0.15) is 23.9 Å². The van der Waals surface area contributed by atoms with Crippen LogP contribution in [0.1, 0.15) is 28.7 Å². The predicted octanol–water partition coefficient (Wildman–Crippen LogP) is 4.04. The number of hydrogen-bond donors (Lipinski definition) is 3. The van der Waals surface area contributed by atoms with Gasteiger partial charge in [-0.05, 0) is 29.3 Å². The van der Waals surface area contributed by atoms with Gasteiger partial charge in [-0.1, -0.05) is 48.5 Å². The molecule has 4 nitrogen and oxygen atoms in total. The molecule has 0 saturated carbocycles.